The van der Waals surface area contributed by atoms with Gasteiger partial charge in [-0.2, -0.15) is 0 Å². The van der Waals surface area contributed by atoms with Crippen molar-refractivity contribution in [2.75, 3.05) is 13.7 Å². The number of benzene rings is 2. The smallest absolute Gasteiger partial charge is 0.342 e. The maximum absolute atomic E-state index is 12.1. The number of esters is 2. The van der Waals surface area contributed by atoms with Crippen LogP contribution in [0, 0.1) is 0 Å². The second-order valence-corrected chi connectivity index (χ2v) is 6.01. The van der Waals surface area contributed by atoms with Crippen LogP contribution in [-0.4, -0.2) is 42.7 Å². The predicted octanol–water partition coefficient (Wildman–Crippen LogP) is 2.10. The summed E-state index contributed by atoms with van der Waals surface area (Å²) in [6.07, 6.45) is 0.227. The summed E-state index contributed by atoms with van der Waals surface area (Å²) < 4.78 is 9.57. The summed E-state index contributed by atoms with van der Waals surface area (Å²) in [5.74, 6) is -2.54. The summed E-state index contributed by atoms with van der Waals surface area (Å²) in [5, 5.41) is 12.4. The molecule has 0 unspecified atom stereocenters. The molecule has 0 spiro atoms. The van der Waals surface area contributed by atoms with Crippen LogP contribution in [0.3, 0.4) is 0 Å². The number of carbonyl (C=O) groups is 3. The molecule has 1 atom stereocenters. The van der Waals surface area contributed by atoms with Gasteiger partial charge in [-0.3, -0.25) is 4.79 Å². The highest BCUT2D eigenvalue weighted by Gasteiger charge is 2.23. The molecule has 0 aliphatic heterocycles. The highest BCUT2D eigenvalue weighted by atomic mass is 35.5. The number of nitrogens with one attached hydrogen (secondary N) is 1. The Morgan fingerprint density at radius 1 is 1.15 bits per heavy atom. The summed E-state index contributed by atoms with van der Waals surface area (Å²) in [5.41, 5.74) is 0.706. The van der Waals surface area contributed by atoms with E-state index in [4.69, 9.17) is 21.1 Å². The molecule has 8 heteroatoms. The van der Waals surface area contributed by atoms with Crippen LogP contribution in [0.4, 0.5) is 0 Å². The first-order valence-corrected chi connectivity index (χ1v) is 8.35. The topological polar surface area (TPSA) is 102 Å². The molecular formula is C19H18ClNO6. The normalized spacial score (nSPS) is 11.3. The molecule has 1 amide bonds. The van der Waals surface area contributed by atoms with Crippen molar-refractivity contribution in [2.45, 2.75) is 12.5 Å². The lowest BCUT2D eigenvalue weighted by Gasteiger charge is -2.16. The van der Waals surface area contributed by atoms with Crippen molar-refractivity contribution in [1.29, 1.82) is 0 Å². The van der Waals surface area contributed by atoms with E-state index in [9.17, 15) is 19.5 Å². The molecule has 0 saturated heterocycles. The molecule has 7 nitrogen and oxygen atoms in total. The van der Waals surface area contributed by atoms with Gasteiger partial charge in [0, 0.05) is 11.4 Å². The summed E-state index contributed by atoms with van der Waals surface area (Å²) in [6.45, 7) is -0.622. The first kappa shape index (κ1) is 20.3. The van der Waals surface area contributed by atoms with E-state index in [1.807, 2.05) is 30.3 Å². The van der Waals surface area contributed by atoms with Gasteiger partial charge in [0.1, 0.15) is 17.4 Å². The SMILES string of the molecule is COC(=O)[C@@H](Cc1ccccc1)NC(=O)COC(=O)c1ccc(Cl)cc1O. The number of hydrogen-bond donors (Lipinski definition) is 2. The Kier molecular flexibility index (Phi) is 7.19. The number of methoxy groups -OCH3 is 1. The van der Waals surface area contributed by atoms with Crippen molar-refractivity contribution in [2.24, 2.45) is 0 Å². The van der Waals surface area contributed by atoms with Crippen molar-refractivity contribution in [3.05, 3.63) is 64.7 Å². The van der Waals surface area contributed by atoms with E-state index in [-0.39, 0.29) is 22.8 Å². The Bertz CT molecular complexity index is 824. The third-order valence-corrected chi connectivity index (χ3v) is 3.85. The molecule has 2 aromatic carbocycles. The van der Waals surface area contributed by atoms with Crippen LogP contribution >= 0.6 is 11.6 Å². The van der Waals surface area contributed by atoms with Crippen molar-refractivity contribution in [3.63, 3.8) is 0 Å². The summed E-state index contributed by atoms with van der Waals surface area (Å²) in [7, 11) is 1.22. The number of carbonyl (C=O) groups excluding carboxylic acids is 3. The number of halogens is 1. The second-order valence-electron chi connectivity index (χ2n) is 5.57. The largest absolute Gasteiger partial charge is 0.507 e. The molecule has 2 N–H and O–H groups in total. The quantitative estimate of drug-likeness (QED) is 0.701. The van der Waals surface area contributed by atoms with E-state index in [0.717, 1.165) is 5.56 Å². The minimum absolute atomic E-state index is 0.124. The summed E-state index contributed by atoms with van der Waals surface area (Å²) in [4.78, 5) is 35.9. The maximum Gasteiger partial charge on any atom is 0.342 e. The van der Waals surface area contributed by atoms with E-state index in [2.05, 4.69) is 5.32 Å². The summed E-state index contributed by atoms with van der Waals surface area (Å²) >= 11 is 5.70. The first-order valence-electron chi connectivity index (χ1n) is 7.97. The van der Waals surface area contributed by atoms with E-state index in [0.29, 0.717) is 0 Å². The van der Waals surface area contributed by atoms with Crippen LogP contribution < -0.4 is 5.32 Å². The van der Waals surface area contributed by atoms with Crippen molar-refractivity contribution < 1.29 is 29.0 Å². The molecule has 0 fully saturated rings. The van der Waals surface area contributed by atoms with Gasteiger partial charge < -0.3 is 19.9 Å². The lowest BCUT2D eigenvalue weighted by Crippen LogP contribution is -2.44. The molecule has 0 radical (unpaired) electrons. The molecule has 0 aliphatic rings. The fraction of sp³-hybridized carbons (Fsp3) is 0.211. The zero-order chi connectivity index (χ0) is 19.8. The standard InChI is InChI=1S/C19H18ClNO6/c1-26-19(25)15(9-12-5-3-2-4-6-12)21-17(23)11-27-18(24)14-8-7-13(20)10-16(14)22/h2-8,10,15,22H,9,11H2,1H3,(H,21,23)/t15-/m1/s1. The maximum atomic E-state index is 12.1. The Labute approximate surface area is 160 Å². The third kappa shape index (κ3) is 6.00. The number of phenols is 1. The fourth-order valence-electron chi connectivity index (χ4n) is 2.31. The van der Waals surface area contributed by atoms with E-state index >= 15 is 0 Å². The van der Waals surface area contributed by atoms with Crippen LogP contribution in [-0.2, 0) is 25.5 Å². The highest BCUT2D eigenvalue weighted by Crippen LogP contribution is 2.22. The fourth-order valence-corrected chi connectivity index (χ4v) is 2.47. The van der Waals surface area contributed by atoms with E-state index in [1.54, 1.807) is 0 Å². The van der Waals surface area contributed by atoms with Crippen LogP contribution in [0.15, 0.2) is 48.5 Å². The summed E-state index contributed by atoms with van der Waals surface area (Å²) in [6, 6.07) is 12.0. The van der Waals surface area contributed by atoms with Crippen LogP contribution in [0.5, 0.6) is 5.75 Å². The zero-order valence-electron chi connectivity index (χ0n) is 14.5. The molecule has 2 aromatic rings. The van der Waals surface area contributed by atoms with Gasteiger partial charge in [0.05, 0.1) is 7.11 Å². The van der Waals surface area contributed by atoms with Gasteiger partial charge in [-0.1, -0.05) is 41.9 Å². The number of rotatable bonds is 7. The Hall–Kier alpha value is -3.06. The first-order chi connectivity index (χ1) is 12.9. The Balaban J connectivity index is 1.94. The molecule has 2 rings (SSSR count). The van der Waals surface area contributed by atoms with Gasteiger partial charge in [-0.05, 0) is 23.8 Å². The zero-order valence-corrected chi connectivity index (χ0v) is 15.2. The number of aromatic hydroxyl groups is 1. The predicted molar refractivity (Wildman–Crippen MR) is 97.5 cm³/mol. The number of phenolic OH excluding ortho intramolecular Hbond substituents is 1. The van der Waals surface area contributed by atoms with Gasteiger partial charge in [0.2, 0.25) is 0 Å². The number of amides is 1. The molecular weight excluding hydrogens is 374 g/mol. The van der Waals surface area contributed by atoms with Crippen molar-refractivity contribution >= 4 is 29.4 Å². The second kappa shape index (κ2) is 9.59. The molecule has 27 heavy (non-hydrogen) atoms. The van der Waals surface area contributed by atoms with Crippen LogP contribution in [0.25, 0.3) is 0 Å². The van der Waals surface area contributed by atoms with Gasteiger partial charge in [-0.25, -0.2) is 9.59 Å². The average molecular weight is 392 g/mol. The molecule has 0 aromatic heterocycles. The van der Waals surface area contributed by atoms with Gasteiger partial charge >= 0.3 is 11.9 Å². The minimum atomic E-state index is -0.924. The van der Waals surface area contributed by atoms with Crippen molar-refractivity contribution in [1.82, 2.24) is 5.32 Å². The molecule has 0 saturated carbocycles. The van der Waals surface area contributed by atoms with Crippen LogP contribution in [0.2, 0.25) is 5.02 Å². The Morgan fingerprint density at radius 2 is 1.85 bits per heavy atom. The van der Waals surface area contributed by atoms with Gasteiger partial charge in [0.15, 0.2) is 6.61 Å². The minimum Gasteiger partial charge on any atom is -0.507 e. The van der Waals surface area contributed by atoms with Gasteiger partial charge in [0.25, 0.3) is 5.91 Å². The number of ether oxygens (including phenoxy) is 2. The molecule has 0 aliphatic carbocycles. The van der Waals surface area contributed by atoms with E-state index in [1.165, 1.54) is 25.3 Å². The highest BCUT2D eigenvalue weighted by molar-refractivity contribution is 6.30. The molecule has 142 valence electrons. The Morgan fingerprint density at radius 3 is 2.48 bits per heavy atom. The lowest BCUT2D eigenvalue weighted by atomic mass is 10.1. The lowest BCUT2D eigenvalue weighted by molar-refractivity contribution is -0.145. The average Bonchev–Trinajstić information content (AvgIpc) is 2.65. The van der Waals surface area contributed by atoms with E-state index < -0.39 is 30.5 Å². The van der Waals surface area contributed by atoms with Crippen LogP contribution in [0.1, 0.15) is 15.9 Å². The molecule has 0 heterocycles. The van der Waals surface area contributed by atoms with Crippen molar-refractivity contribution in [3.8, 4) is 5.75 Å². The number of hydrogen-bond acceptors (Lipinski definition) is 6. The molecule has 0 bridgehead atoms. The van der Waals surface area contributed by atoms with Gasteiger partial charge in [-0.15, -0.1) is 0 Å². The monoisotopic (exact) mass is 391 g/mol. The third-order valence-electron chi connectivity index (χ3n) is 3.62.